The third-order valence-corrected chi connectivity index (χ3v) is 5.41. The minimum Gasteiger partial charge on any atom is -0.479 e. The summed E-state index contributed by atoms with van der Waals surface area (Å²) in [6, 6.07) is 2.72. The van der Waals surface area contributed by atoms with E-state index in [9.17, 15) is 26.7 Å². The summed E-state index contributed by atoms with van der Waals surface area (Å²) in [5, 5.41) is 0. The lowest BCUT2D eigenvalue weighted by atomic mass is 9.84. The maximum atomic E-state index is 14.7. The summed E-state index contributed by atoms with van der Waals surface area (Å²) in [5.41, 5.74) is 3.68. The molecular weight excluding hydrogens is 473 g/mol. The number of nitrogens with two attached hydrogens (primary N) is 1. The molecular formula is C24H22F5N3O3. The maximum absolute atomic E-state index is 14.7. The van der Waals surface area contributed by atoms with Gasteiger partial charge in [-0.3, -0.25) is 4.79 Å². The van der Waals surface area contributed by atoms with Gasteiger partial charge in [-0.15, -0.1) is 5.92 Å². The van der Waals surface area contributed by atoms with E-state index in [-0.39, 0.29) is 24.3 Å². The molecule has 0 spiro atoms. The van der Waals surface area contributed by atoms with E-state index in [1.165, 1.54) is 13.1 Å². The van der Waals surface area contributed by atoms with Gasteiger partial charge in [-0.05, 0) is 50.1 Å². The number of rotatable bonds is 6. The number of hydrogen-bond acceptors (Lipinski definition) is 6. The van der Waals surface area contributed by atoms with Crippen LogP contribution in [0.3, 0.4) is 0 Å². The van der Waals surface area contributed by atoms with Crippen LogP contribution in [0.15, 0.2) is 29.4 Å². The number of benzene rings is 1. The molecule has 1 aliphatic rings. The van der Waals surface area contributed by atoms with Crippen molar-refractivity contribution in [1.82, 2.24) is 4.98 Å². The summed E-state index contributed by atoms with van der Waals surface area (Å²) >= 11 is 0. The number of ether oxygens (including phenoxy) is 2. The molecule has 0 radical (unpaired) electrons. The van der Waals surface area contributed by atoms with Gasteiger partial charge < -0.3 is 15.2 Å². The molecule has 35 heavy (non-hydrogen) atoms. The lowest BCUT2D eigenvalue weighted by Crippen LogP contribution is -2.46. The Bertz CT molecular complexity index is 1230. The third-order valence-electron chi connectivity index (χ3n) is 5.41. The van der Waals surface area contributed by atoms with Crippen molar-refractivity contribution in [3.8, 4) is 17.6 Å². The molecule has 0 aliphatic carbocycles. The molecule has 11 heteroatoms. The first kappa shape index (κ1) is 25.9. The number of halogens is 5. The van der Waals surface area contributed by atoms with E-state index < -0.39 is 53.2 Å². The minimum absolute atomic E-state index is 0.0358. The van der Waals surface area contributed by atoms with E-state index in [2.05, 4.69) is 26.6 Å². The first-order valence-electron chi connectivity index (χ1n) is 10.4. The molecule has 1 aromatic heterocycles. The van der Waals surface area contributed by atoms with E-state index in [1.807, 2.05) is 0 Å². The Kier molecular flexibility index (Phi) is 7.33. The highest BCUT2D eigenvalue weighted by atomic mass is 19.4. The summed E-state index contributed by atoms with van der Waals surface area (Å²) in [6.07, 6.45) is -7.02. The average Bonchev–Trinajstić information content (AvgIpc) is 2.75. The van der Waals surface area contributed by atoms with Crippen LogP contribution in [0.4, 0.5) is 22.0 Å². The molecule has 186 valence electrons. The molecule has 2 heterocycles. The van der Waals surface area contributed by atoms with Crippen molar-refractivity contribution in [2.24, 2.45) is 10.7 Å². The fourth-order valence-corrected chi connectivity index (χ4v) is 3.74. The summed E-state index contributed by atoms with van der Waals surface area (Å²) in [6.45, 7) is 4.64. The molecule has 2 aromatic rings. The summed E-state index contributed by atoms with van der Waals surface area (Å²) in [4.78, 5) is 20.8. The molecule has 3 rings (SSSR count). The summed E-state index contributed by atoms with van der Waals surface area (Å²) in [5.74, 6) is 2.58. The molecule has 0 bridgehead atoms. The van der Waals surface area contributed by atoms with Crippen LogP contribution in [0.5, 0.6) is 5.75 Å². The Hall–Kier alpha value is -3.68. The second-order valence-electron chi connectivity index (χ2n) is 8.17. The van der Waals surface area contributed by atoms with Gasteiger partial charge in [0.05, 0.1) is 11.7 Å². The highest BCUT2D eigenvalue weighted by Gasteiger charge is 2.50. The van der Waals surface area contributed by atoms with Gasteiger partial charge in [0.15, 0.2) is 23.5 Å². The zero-order chi connectivity index (χ0) is 26.0. The van der Waals surface area contributed by atoms with Crippen LogP contribution < -0.4 is 10.5 Å². The van der Waals surface area contributed by atoms with Crippen LogP contribution in [0, 0.1) is 30.4 Å². The van der Waals surface area contributed by atoms with Crippen LogP contribution in [0.25, 0.3) is 0 Å². The van der Waals surface area contributed by atoms with E-state index in [0.717, 1.165) is 12.1 Å². The van der Waals surface area contributed by atoms with Crippen molar-refractivity contribution in [2.75, 3.05) is 6.61 Å². The Morgan fingerprint density at radius 1 is 1.31 bits per heavy atom. The number of aliphatic imine (C=N–C) groups is 1. The van der Waals surface area contributed by atoms with Gasteiger partial charge in [0.1, 0.15) is 18.1 Å². The number of hydrogen-bond donors (Lipinski definition) is 1. The number of aryl methyl sites for hydroxylation is 1. The Morgan fingerprint density at radius 2 is 2.03 bits per heavy atom. The molecule has 2 N–H and O–H groups in total. The van der Waals surface area contributed by atoms with Crippen molar-refractivity contribution < 1.29 is 36.2 Å². The van der Waals surface area contributed by atoms with Gasteiger partial charge in [0.2, 0.25) is 0 Å². The number of carbonyl (C=O) groups is 1. The number of ketones is 1. The molecule has 1 aromatic carbocycles. The molecule has 6 nitrogen and oxygen atoms in total. The number of nitrogens with zero attached hydrogens (tertiary/aromatic N) is 2. The summed E-state index contributed by atoms with van der Waals surface area (Å²) < 4.78 is 79.0. The number of alkyl halides is 3. The normalized spacial score (nSPS) is 19.8. The van der Waals surface area contributed by atoms with E-state index in [4.69, 9.17) is 10.5 Å². The van der Waals surface area contributed by atoms with Gasteiger partial charge in [0, 0.05) is 18.4 Å². The topological polar surface area (TPSA) is 86.8 Å². The van der Waals surface area contributed by atoms with Gasteiger partial charge >= 0.3 is 6.18 Å². The largest absolute Gasteiger partial charge is 0.479 e. The van der Waals surface area contributed by atoms with Crippen molar-refractivity contribution in [3.05, 3.63) is 58.4 Å². The van der Waals surface area contributed by atoms with Crippen LogP contribution in [-0.4, -0.2) is 35.7 Å². The highest BCUT2D eigenvalue weighted by Crippen LogP contribution is 2.41. The predicted octanol–water partition coefficient (Wildman–Crippen LogP) is 4.38. The highest BCUT2D eigenvalue weighted by molar-refractivity contribution is 5.97. The second kappa shape index (κ2) is 9.90. The van der Waals surface area contributed by atoms with Gasteiger partial charge in [-0.1, -0.05) is 5.92 Å². The molecule has 0 saturated carbocycles. The fraction of sp³-hybridized carbons (Fsp3) is 0.375. The lowest BCUT2D eigenvalue weighted by Gasteiger charge is -2.36. The molecule has 0 fully saturated rings. The molecule has 2 atom stereocenters. The SMILES string of the molecule is CC#CCOc1cnc(C(=O)Cc2cc(F)c(F)c([C@]3(C)C[C@@H](C(F)(F)F)OC(N)=N3)c2)c(C)c1. The first-order chi connectivity index (χ1) is 16.3. The molecule has 0 unspecified atom stereocenters. The van der Waals surface area contributed by atoms with Crippen molar-refractivity contribution >= 4 is 11.8 Å². The molecule has 0 saturated heterocycles. The number of Topliss-reactive ketones (excluding diaryl/α,β-unsaturated/α-hetero) is 1. The average molecular weight is 495 g/mol. The van der Waals surface area contributed by atoms with Gasteiger partial charge in [-0.25, -0.2) is 18.8 Å². The fourth-order valence-electron chi connectivity index (χ4n) is 3.74. The minimum atomic E-state index is -4.80. The smallest absolute Gasteiger partial charge is 0.425 e. The quantitative estimate of drug-likeness (QED) is 0.365. The Balaban J connectivity index is 1.90. The summed E-state index contributed by atoms with van der Waals surface area (Å²) in [7, 11) is 0. The van der Waals surface area contributed by atoms with E-state index in [1.54, 1.807) is 19.9 Å². The van der Waals surface area contributed by atoms with Crippen LogP contribution >= 0.6 is 0 Å². The number of amidine groups is 1. The maximum Gasteiger partial charge on any atom is 0.425 e. The van der Waals surface area contributed by atoms with Crippen molar-refractivity contribution in [2.45, 2.75) is 51.4 Å². The van der Waals surface area contributed by atoms with Gasteiger partial charge in [0.25, 0.3) is 6.02 Å². The second-order valence-corrected chi connectivity index (χ2v) is 8.17. The lowest BCUT2D eigenvalue weighted by molar-refractivity contribution is -0.208. The van der Waals surface area contributed by atoms with E-state index >= 15 is 0 Å². The zero-order valence-corrected chi connectivity index (χ0v) is 19.1. The van der Waals surface area contributed by atoms with Crippen LogP contribution in [0.1, 0.15) is 47.4 Å². The number of pyridine rings is 1. The molecule has 1 aliphatic heterocycles. The molecule has 0 amide bonds. The monoisotopic (exact) mass is 495 g/mol. The van der Waals surface area contributed by atoms with Gasteiger partial charge in [-0.2, -0.15) is 13.2 Å². The predicted molar refractivity (Wildman–Crippen MR) is 117 cm³/mol. The van der Waals surface area contributed by atoms with E-state index in [0.29, 0.717) is 11.3 Å². The van der Waals surface area contributed by atoms with Crippen LogP contribution in [-0.2, 0) is 16.7 Å². The van der Waals surface area contributed by atoms with Crippen molar-refractivity contribution in [3.63, 3.8) is 0 Å². The first-order valence-corrected chi connectivity index (χ1v) is 10.4. The van der Waals surface area contributed by atoms with Crippen LogP contribution in [0.2, 0.25) is 0 Å². The number of aromatic nitrogens is 1. The number of carbonyl (C=O) groups excluding carboxylic acids is 1. The Labute approximate surface area is 198 Å². The van der Waals surface area contributed by atoms with Crippen molar-refractivity contribution in [1.29, 1.82) is 0 Å². The Morgan fingerprint density at radius 3 is 2.66 bits per heavy atom. The standard InChI is InChI=1S/C24H22F5N3O3/c1-4-5-6-34-15-7-13(2)21(31-12-15)18(33)10-14-8-16(20(26)17(25)9-14)23(3)11-19(24(27,28)29)35-22(30)32-23/h7-9,12,19H,6,10-11H2,1-3H3,(H2,30,32)/t19-,23-/m0/s1. The zero-order valence-electron chi connectivity index (χ0n) is 19.1. The third kappa shape index (κ3) is 5.88.